The van der Waals surface area contributed by atoms with Crippen molar-refractivity contribution in [3.8, 4) is 0 Å². The van der Waals surface area contributed by atoms with Crippen molar-refractivity contribution in [3.63, 3.8) is 0 Å². The van der Waals surface area contributed by atoms with Crippen molar-refractivity contribution in [2.45, 2.75) is 36.4 Å². The number of carbonyl (C=O) groups is 3. The topological polar surface area (TPSA) is 201 Å². The van der Waals surface area contributed by atoms with Crippen molar-refractivity contribution in [1.29, 1.82) is 0 Å². The van der Waals surface area contributed by atoms with Crippen LogP contribution in [0.1, 0.15) is 27.7 Å². The zero-order chi connectivity index (χ0) is 33.0. The molecule has 0 aliphatic heterocycles. The number of carboxylic acid groups (broad SMARTS) is 2. The van der Waals surface area contributed by atoms with Crippen LogP contribution in [0.5, 0.6) is 0 Å². The number of benzene rings is 2. The highest BCUT2D eigenvalue weighted by molar-refractivity contribution is 7.89. The molecule has 18 heteroatoms. The fourth-order valence-corrected chi connectivity index (χ4v) is 5.88. The molecule has 240 valence electrons. The number of halogens is 3. The van der Waals surface area contributed by atoms with Crippen LogP contribution < -0.4 is 15.4 Å². The van der Waals surface area contributed by atoms with Crippen molar-refractivity contribution >= 4 is 55.8 Å². The number of aryl methyl sites for hydroxylation is 1. The minimum Gasteiger partial charge on any atom is -0.480 e. The number of fused-ring (bicyclic) bond motifs is 1. The third-order valence-electron chi connectivity index (χ3n) is 5.79. The van der Waals surface area contributed by atoms with E-state index in [9.17, 15) is 36.3 Å². The number of rotatable bonds is 13. The van der Waals surface area contributed by atoms with Crippen molar-refractivity contribution in [2.24, 2.45) is 0 Å². The number of nitrogens with zero attached hydrogens (tertiary/aromatic N) is 3. The number of aromatic nitrogens is 3. The van der Waals surface area contributed by atoms with E-state index in [0.29, 0.717) is 22.2 Å². The lowest BCUT2D eigenvalue weighted by Crippen LogP contribution is -2.48. The summed E-state index contributed by atoms with van der Waals surface area (Å²) >= 11 is 1.11. The van der Waals surface area contributed by atoms with E-state index in [1.807, 2.05) is 18.2 Å². The van der Waals surface area contributed by atoms with Crippen LogP contribution >= 0.6 is 11.3 Å². The van der Waals surface area contributed by atoms with Crippen LogP contribution in [0.15, 0.2) is 71.8 Å². The number of hydrogen-bond donors (Lipinski definition) is 5. The largest absolute Gasteiger partial charge is 0.490 e. The zero-order valence-corrected chi connectivity index (χ0v) is 24.8. The van der Waals surface area contributed by atoms with Gasteiger partial charge in [0.25, 0.3) is 5.91 Å². The number of nitrogens with one attached hydrogen (secondary N) is 3. The van der Waals surface area contributed by atoms with Crippen LogP contribution in [0.2, 0.25) is 0 Å². The van der Waals surface area contributed by atoms with Crippen LogP contribution in [-0.2, 0) is 26.0 Å². The van der Waals surface area contributed by atoms with E-state index in [-0.39, 0.29) is 9.90 Å². The summed E-state index contributed by atoms with van der Waals surface area (Å²) in [5.74, 6) is -4.00. The molecule has 1 atom stereocenters. The van der Waals surface area contributed by atoms with Crippen LogP contribution in [-0.4, -0.2) is 77.0 Å². The van der Waals surface area contributed by atoms with Gasteiger partial charge in [-0.15, -0.1) is 10.2 Å². The first-order chi connectivity index (χ1) is 21.3. The number of hydrogen-bond acceptors (Lipinski definition) is 10. The highest BCUT2D eigenvalue weighted by Gasteiger charge is 2.38. The van der Waals surface area contributed by atoms with Crippen LogP contribution in [0.25, 0.3) is 10.8 Å². The van der Waals surface area contributed by atoms with Crippen LogP contribution in [0.3, 0.4) is 0 Å². The van der Waals surface area contributed by atoms with Gasteiger partial charge in [0.1, 0.15) is 16.9 Å². The highest BCUT2D eigenvalue weighted by atomic mass is 32.2. The maximum absolute atomic E-state index is 13.0. The number of sulfonamides is 1. The molecule has 4 rings (SSSR count). The summed E-state index contributed by atoms with van der Waals surface area (Å²) in [6.07, 6.45) is -1.03. The van der Waals surface area contributed by atoms with Gasteiger partial charge in [-0.2, -0.15) is 17.9 Å². The summed E-state index contributed by atoms with van der Waals surface area (Å²) in [4.78, 5) is 37.4. The number of carbonyl (C=O) groups excluding carboxylic acids is 1. The number of pyridine rings is 1. The Hall–Kier alpha value is -4.68. The van der Waals surface area contributed by atoms with Crippen molar-refractivity contribution in [2.75, 3.05) is 18.4 Å². The maximum Gasteiger partial charge on any atom is 0.490 e. The summed E-state index contributed by atoms with van der Waals surface area (Å²) < 4.78 is 59.9. The van der Waals surface area contributed by atoms with Gasteiger partial charge < -0.3 is 20.8 Å². The summed E-state index contributed by atoms with van der Waals surface area (Å²) in [6, 6.07) is 15.7. The Kier molecular flexibility index (Phi) is 12.3. The number of amides is 1. The van der Waals surface area contributed by atoms with Crippen molar-refractivity contribution in [3.05, 3.63) is 76.9 Å². The smallest absolute Gasteiger partial charge is 0.480 e. The molecule has 0 saturated carbocycles. The summed E-state index contributed by atoms with van der Waals surface area (Å²) in [5, 5.41) is 32.2. The fourth-order valence-electron chi connectivity index (χ4n) is 3.66. The average molecular weight is 669 g/mol. The Morgan fingerprint density at radius 3 is 2.29 bits per heavy atom. The van der Waals surface area contributed by atoms with Crippen LogP contribution in [0.4, 0.5) is 19.0 Å². The van der Waals surface area contributed by atoms with E-state index in [4.69, 9.17) is 9.90 Å². The third kappa shape index (κ3) is 10.8. The lowest BCUT2D eigenvalue weighted by Gasteiger charge is -2.16. The third-order valence-corrected chi connectivity index (χ3v) is 8.31. The molecule has 1 amide bonds. The predicted octanol–water partition coefficient (Wildman–Crippen LogP) is 3.32. The van der Waals surface area contributed by atoms with E-state index >= 15 is 0 Å². The molecular weight excluding hydrogens is 641 g/mol. The Balaban J connectivity index is 0.000000707. The molecule has 4 aromatic rings. The number of anilines is 1. The molecule has 5 N–H and O–H groups in total. The molecule has 13 nitrogen and oxygen atoms in total. The van der Waals surface area contributed by atoms with Gasteiger partial charge in [-0.05, 0) is 36.4 Å². The summed E-state index contributed by atoms with van der Waals surface area (Å²) in [6.45, 7) is 0.278. The first kappa shape index (κ1) is 34.8. The van der Waals surface area contributed by atoms with Gasteiger partial charge in [0.05, 0.1) is 4.90 Å². The van der Waals surface area contributed by atoms with Crippen molar-refractivity contribution < 1.29 is 46.2 Å². The second-order valence-corrected chi connectivity index (χ2v) is 11.8. The molecule has 0 spiro atoms. The fraction of sp³-hybridized carbons (Fsp3) is 0.259. The summed E-state index contributed by atoms with van der Waals surface area (Å²) in [5.41, 5.74) is 0. The molecule has 2 aromatic carbocycles. The molecule has 45 heavy (non-hydrogen) atoms. The average Bonchev–Trinajstić information content (AvgIpc) is 3.48. The van der Waals surface area contributed by atoms with Gasteiger partial charge in [-0.1, -0.05) is 53.8 Å². The second kappa shape index (κ2) is 15.9. The molecule has 2 aromatic heterocycles. The molecule has 0 radical (unpaired) electrons. The number of carboxylic acids is 2. The van der Waals surface area contributed by atoms with Gasteiger partial charge in [-0.3, -0.25) is 9.59 Å². The lowest BCUT2D eigenvalue weighted by atomic mass is 10.1. The van der Waals surface area contributed by atoms with Gasteiger partial charge in [0, 0.05) is 31.1 Å². The van der Waals surface area contributed by atoms with Crippen LogP contribution in [0, 0.1) is 0 Å². The van der Waals surface area contributed by atoms with Gasteiger partial charge in [0.15, 0.2) is 0 Å². The highest BCUT2D eigenvalue weighted by Crippen LogP contribution is 2.23. The monoisotopic (exact) mass is 668 g/mol. The molecule has 0 aliphatic rings. The van der Waals surface area contributed by atoms with E-state index < -0.39 is 46.6 Å². The number of unbranched alkanes of at least 4 members (excludes halogenated alkanes) is 1. The van der Waals surface area contributed by atoms with E-state index in [0.717, 1.165) is 36.5 Å². The standard InChI is InChI=1S/C25H26N6O5S2.C2HF3O2/c32-23(24-30-29-22(37-24)13-4-6-15-27-21-12-3-5-14-26-21)28-16-19(25(33)34)31-38(35,36)20-11-7-9-17-8-1-2-10-18(17)20;3-2(4,5)1(6)7/h1-3,5,7-12,14,19,31H,4,6,13,15-16H2,(H,26,27)(H,28,32)(H,33,34);(H,6,7). The Labute approximate surface area is 258 Å². The normalized spacial score (nSPS) is 12.1. The minimum atomic E-state index is -5.08. The summed E-state index contributed by atoms with van der Waals surface area (Å²) in [7, 11) is -4.19. The molecule has 0 bridgehead atoms. The number of alkyl halides is 3. The van der Waals surface area contributed by atoms with E-state index in [1.54, 1.807) is 42.6 Å². The molecule has 0 fully saturated rings. The molecule has 1 unspecified atom stereocenters. The zero-order valence-electron chi connectivity index (χ0n) is 23.2. The Bertz CT molecular complexity index is 1720. The first-order valence-electron chi connectivity index (χ1n) is 13.1. The van der Waals surface area contributed by atoms with E-state index in [1.165, 1.54) is 6.07 Å². The molecule has 0 saturated heterocycles. The number of aliphatic carboxylic acids is 2. The van der Waals surface area contributed by atoms with E-state index in [2.05, 4.69) is 30.5 Å². The molecular formula is C27H27F3N6O7S2. The van der Waals surface area contributed by atoms with Gasteiger partial charge in [0.2, 0.25) is 15.0 Å². The maximum atomic E-state index is 13.0. The molecule has 0 aliphatic carbocycles. The molecule has 2 heterocycles. The first-order valence-corrected chi connectivity index (χ1v) is 15.4. The predicted molar refractivity (Wildman–Crippen MR) is 157 cm³/mol. The Morgan fingerprint density at radius 1 is 0.933 bits per heavy atom. The second-order valence-electron chi connectivity index (χ2n) is 9.10. The SMILES string of the molecule is O=C(NCC(NS(=O)(=O)c1cccc2ccccc12)C(=O)O)c1nnc(CCCCNc2ccccn2)s1.O=C(O)C(F)(F)F. The quantitative estimate of drug-likeness (QED) is 0.131. The Morgan fingerprint density at radius 2 is 1.62 bits per heavy atom. The van der Waals surface area contributed by atoms with Gasteiger partial charge >= 0.3 is 18.1 Å². The lowest BCUT2D eigenvalue weighted by molar-refractivity contribution is -0.192. The van der Waals surface area contributed by atoms with Gasteiger partial charge in [-0.25, -0.2) is 18.2 Å². The minimum absolute atomic E-state index is 0.0443. The van der Waals surface area contributed by atoms with Crippen molar-refractivity contribution in [1.82, 2.24) is 25.2 Å².